The molecule has 0 aliphatic heterocycles. The molecule has 111 heavy (non-hydrogen) atoms. The molecule has 18 aromatic carbocycles. The van der Waals surface area contributed by atoms with Crippen LogP contribution in [0.2, 0.25) is 0 Å². The number of para-hydroxylation sites is 7. The summed E-state index contributed by atoms with van der Waals surface area (Å²) >= 11 is 0. The molecule has 6 heterocycles. The van der Waals surface area contributed by atoms with E-state index in [0.29, 0.717) is 0 Å². The summed E-state index contributed by atoms with van der Waals surface area (Å²) in [5, 5.41) is 23.0. The monoisotopic (exact) mass is 1420 g/mol. The van der Waals surface area contributed by atoms with E-state index in [1.165, 1.54) is 225 Å². The maximum atomic E-state index is 3.63. The first-order valence-corrected chi connectivity index (χ1v) is 38.5. The van der Waals surface area contributed by atoms with Crippen LogP contribution in [0, 0.1) is 6.92 Å². The topological polar surface area (TPSA) is 62.2 Å². The van der Waals surface area contributed by atoms with Gasteiger partial charge in [-0.15, -0.1) is 0 Å². The zero-order chi connectivity index (χ0) is 73.4. The van der Waals surface area contributed by atoms with E-state index in [1.807, 2.05) is 0 Å². The quantitative estimate of drug-likeness (QED) is 0.142. The van der Waals surface area contributed by atoms with Gasteiger partial charge in [-0.05, 0) is 177 Å². The summed E-state index contributed by atoms with van der Waals surface area (Å²) in [6.45, 7) is 5.35. The molecular weight excluding hydrogens is 1350 g/mol. The number of nitrogens with zero attached hydrogens (tertiary/aromatic N) is 3. The second-order valence-electron chi connectivity index (χ2n) is 29.6. The van der Waals surface area contributed by atoms with Gasteiger partial charge in [0.15, 0.2) is 0 Å². The van der Waals surface area contributed by atoms with E-state index in [4.69, 9.17) is 0 Å². The van der Waals surface area contributed by atoms with E-state index in [2.05, 4.69) is 413 Å². The summed E-state index contributed by atoms with van der Waals surface area (Å²) in [4.78, 5) is 10.8. The highest BCUT2D eigenvalue weighted by molar-refractivity contribution is 6.26. The maximum absolute atomic E-state index is 3.63. The average Bonchev–Trinajstić information content (AvgIpc) is 1.58. The van der Waals surface area contributed by atoms with Crippen LogP contribution in [0.25, 0.3) is 219 Å². The van der Waals surface area contributed by atoms with Gasteiger partial charge in [0.2, 0.25) is 0 Å². The molecule has 0 unspecified atom stereocenters. The second-order valence-corrected chi connectivity index (χ2v) is 29.6. The van der Waals surface area contributed by atoms with Gasteiger partial charge in [-0.2, -0.15) is 0 Å². The molecule has 0 fully saturated rings. The lowest BCUT2D eigenvalue weighted by atomic mass is 9.93. The lowest BCUT2D eigenvalue weighted by Crippen LogP contribution is -1.95. The fourth-order valence-electron chi connectivity index (χ4n) is 18.4. The van der Waals surface area contributed by atoms with Gasteiger partial charge in [0.1, 0.15) is 0 Å². The average molecular weight is 1420 g/mol. The number of hydrogen-bond donors (Lipinski definition) is 3. The van der Waals surface area contributed by atoms with Gasteiger partial charge in [-0.1, -0.05) is 273 Å². The lowest BCUT2D eigenvalue weighted by Gasteiger charge is -2.13. The summed E-state index contributed by atoms with van der Waals surface area (Å²) in [6, 6.07) is 135. The minimum Gasteiger partial charge on any atom is -0.354 e. The molecule has 0 spiro atoms. The van der Waals surface area contributed by atoms with Crippen molar-refractivity contribution in [2.75, 3.05) is 0 Å². The Balaban J connectivity index is 0.000000103. The molecule has 0 saturated carbocycles. The number of aryl methyl sites for hydroxylation is 2. The molecule has 6 nitrogen and oxygen atoms in total. The number of aromatic nitrogens is 6. The molecule has 24 aromatic rings. The fourth-order valence-corrected chi connectivity index (χ4v) is 18.4. The summed E-state index contributed by atoms with van der Waals surface area (Å²) in [5.74, 6) is 0. The third kappa shape index (κ3) is 10.3. The van der Waals surface area contributed by atoms with E-state index in [0.717, 1.165) is 6.54 Å². The van der Waals surface area contributed by atoms with E-state index < -0.39 is 0 Å². The van der Waals surface area contributed by atoms with E-state index in [9.17, 15) is 0 Å². The fraction of sp³-hybridized carbons (Fsp3) is 0.0286. The molecular formula is C105H72N6. The van der Waals surface area contributed by atoms with E-state index >= 15 is 0 Å². The van der Waals surface area contributed by atoms with Crippen LogP contribution in [-0.4, -0.2) is 28.7 Å². The Hall–Kier alpha value is -14.5. The number of H-pyrrole nitrogens is 3. The minimum absolute atomic E-state index is 0.953. The van der Waals surface area contributed by atoms with Gasteiger partial charge in [0.05, 0.1) is 27.6 Å². The molecule has 0 aliphatic rings. The standard InChI is InChI=1S/C40H26N2.C35H24N2.C30H22N2/c1-2-10-29(11-3-1)42-39-17-9-7-14-33(39)36-25-35(30-12-4-5-15-34(30)40(36)42)27-20-18-26(19-21-27)28-22-23-32-31-13-6-8-16-37(31)41-38(32)24-28;1-22-9-8-10-24(19-22)37-34-16-7-5-13-28(34)31-21-30(25-11-2-3-14-29(25)35(31)37)23-17-18-27-26-12-4-6-15-32(26)36-33(27)20-23;1-2-32-29-14-8-6-11-23(29)26-18-25(20-9-3-4-12-24(20)30(26)32)19-15-16-22-21-10-5-7-13-27(21)31-28(22)17-19/h1-25,41H;2-21,36H,1H3;3-18,31H,2H2,1H3. The Morgan fingerprint density at radius 3 is 1.00 bits per heavy atom. The maximum Gasteiger partial charge on any atom is 0.0619 e. The highest BCUT2D eigenvalue weighted by Gasteiger charge is 2.23. The Labute approximate surface area is 639 Å². The predicted molar refractivity (Wildman–Crippen MR) is 474 cm³/mol. The number of nitrogens with one attached hydrogen (secondary N) is 3. The molecule has 522 valence electrons. The van der Waals surface area contributed by atoms with Crippen LogP contribution in [0.1, 0.15) is 12.5 Å². The zero-order valence-corrected chi connectivity index (χ0v) is 61.3. The third-order valence-corrected chi connectivity index (χ3v) is 23.4. The van der Waals surface area contributed by atoms with Crippen LogP contribution >= 0.6 is 0 Å². The van der Waals surface area contributed by atoms with Crippen molar-refractivity contribution in [3.05, 3.63) is 376 Å². The van der Waals surface area contributed by atoms with Gasteiger partial charge in [0, 0.05) is 137 Å². The largest absolute Gasteiger partial charge is 0.354 e. The second kappa shape index (κ2) is 25.6. The molecule has 24 rings (SSSR count). The number of benzene rings is 18. The van der Waals surface area contributed by atoms with Gasteiger partial charge < -0.3 is 28.7 Å². The van der Waals surface area contributed by atoms with Gasteiger partial charge in [-0.25, -0.2) is 0 Å². The Morgan fingerprint density at radius 1 is 0.207 bits per heavy atom. The minimum atomic E-state index is 0.953. The van der Waals surface area contributed by atoms with E-state index in [-0.39, 0.29) is 0 Å². The first-order chi connectivity index (χ1) is 54.9. The summed E-state index contributed by atoms with van der Waals surface area (Å²) in [5.41, 5.74) is 28.2. The van der Waals surface area contributed by atoms with Crippen molar-refractivity contribution in [1.29, 1.82) is 0 Å². The van der Waals surface area contributed by atoms with Gasteiger partial charge >= 0.3 is 0 Å². The van der Waals surface area contributed by atoms with Crippen molar-refractivity contribution >= 4 is 163 Å². The first-order valence-electron chi connectivity index (χ1n) is 38.5. The predicted octanol–water partition coefficient (Wildman–Crippen LogP) is 28.7. The SMILES string of the molecule is CCn1c2ccccc2c2cc(-c3ccc4c(c3)[nH]c3ccccc34)c3ccccc3c21.Cc1cccc(-n2c3ccccc3c3cc(-c4ccc5c(c4)[nH]c4ccccc45)c4ccccc4c32)c1.c1ccc(-n2c3ccccc3c3cc(-c4ccc(-c5ccc6c(c5)[nH]c5ccccc56)cc4)c4ccccc4c32)cc1. The third-order valence-electron chi connectivity index (χ3n) is 23.4. The molecule has 0 atom stereocenters. The van der Waals surface area contributed by atoms with Crippen molar-refractivity contribution in [3.63, 3.8) is 0 Å². The van der Waals surface area contributed by atoms with Crippen LogP contribution in [0.3, 0.4) is 0 Å². The summed E-state index contributed by atoms with van der Waals surface area (Å²) in [6.07, 6.45) is 0. The molecule has 3 N–H and O–H groups in total. The summed E-state index contributed by atoms with van der Waals surface area (Å²) < 4.78 is 7.31. The van der Waals surface area contributed by atoms with Crippen molar-refractivity contribution in [2.24, 2.45) is 0 Å². The first kappa shape index (κ1) is 63.8. The molecule has 0 aliphatic carbocycles. The number of hydrogen-bond acceptors (Lipinski definition) is 0. The normalized spacial score (nSPS) is 11.9. The van der Waals surface area contributed by atoms with Crippen LogP contribution < -0.4 is 0 Å². The Morgan fingerprint density at radius 2 is 0.532 bits per heavy atom. The van der Waals surface area contributed by atoms with Crippen molar-refractivity contribution in [3.8, 4) is 55.9 Å². The van der Waals surface area contributed by atoms with Gasteiger partial charge in [0.25, 0.3) is 0 Å². The summed E-state index contributed by atoms with van der Waals surface area (Å²) in [7, 11) is 0. The molecule has 6 heteroatoms. The van der Waals surface area contributed by atoms with E-state index in [1.54, 1.807) is 0 Å². The molecule has 0 radical (unpaired) electrons. The molecule has 6 aromatic heterocycles. The number of rotatable bonds is 7. The van der Waals surface area contributed by atoms with Crippen molar-refractivity contribution in [2.45, 2.75) is 20.4 Å². The highest BCUT2D eigenvalue weighted by Crippen LogP contribution is 2.46. The van der Waals surface area contributed by atoms with Gasteiger partial charge in [-0.3, -0.25) is 0 Å². The van der Waals surface area contributed by atoms with Crippen molar-refractivity contribution < 1.29 is 0 Å². The number of aromatic amines is 3. The smallest absolute Gasteiger partial charge is 0.0619 e. The molecule has 0 bridgehead atoms. The molecule has 0 saturated heterocycles. The Bertz CT molecular complexity index is 7890. The Kier molecular flexibility index (Phi) is 14.7. The van der Waals surface area contributed by atoms with Crippen LogP contribution in [-0.2, 0) is 6.54 Å². The van der Waals surface area contributed by atoms with Crippen LogP contribution in [0.15, 0.2) is 370 Å². The zero-order valence-electron chi connectivity index (χ0n) is 61.3. The van der Waals surface area contributed by atoms with Crippen LogP contribution in [0.4, 0.5) is 0 Å². The molecule has 0 amide bonds. The number of fused-ring (bicyclic) bond motifs is 24. The highest BCUT2D eigenvalue weighted by atomic mass is 15.0. The van der Waals surface area contributed by atoms with Crippen molar-refractivity contribution in [1.82, 2.24) is 28.7 Å². The lowest BCUT2D eigenvalue weighted by molar-refractivity contribution is 0.829. The van der Waals surface area contributed by atoms with Crippen LogP contribution in [0.5, 0.6) is 0 Å².